The summed E-state index contributed by atoms with van der Waals surface area (Å²) < 4.78 is 7.23. The molecule has 6 nitrogen and oxygen atoms in total. The van der Waals surface area contributed by atoms with Crippen molar-refractivity contribution in [2.45, 2.75) is 25.3 Å². The molecule has 0 saturated heterocycles. The van der Waals surface area contributed by atoms with Crippen LogP contribution in [0.3, 0.4) is 0 Å². The zero-order valence-corrected chi connectivity index (χ0v) is 11.1. The van der Waals surface area contributed by atoms with E-state index in [1.54, 1.807) is 7.11 Å². The van der Waals surface area contributed by atoms with Gasteiger partial charge in [-0.2, -0.15) is 0 Å². The first kappa shape index (κ1) is 12.7. The second-order valence-corrected chi connectivity index (χ2v) is 4.77. The zero-order valence-electron chi connectivity index (χ0n) is 11.1. The van der Waals surface area contributed by atoms with Crippen molar-refractivity contribution in [3.05, 3.63) is 30.1 Å². The smallest absolute Gasteiger partial charge is 0.314 e. The predicted molar refractivity (Wildman–Crippen MR) is 71.6 cm³/mol. The van der Waals surface area contributed by atoms with Crippen LogP contribution in [0.5, 0.6) is 5.75 Å². The van der Waals surface area contributed by atoms with E-state index in [0.717, 1.165) is 18.5 Å². The third kappa shape index (κ3) is 1.93. The van der Waals surface area contributed by atoms with Crippen LogP contribution in [0.15, 0.2) is 24.3 Å². The van der Waals surface area contributed by atoms with Gasteiger partial charge in [0.25, 0.3) is 0 Å². The molecule has 0 aliphatic carbocycles. The number of nitrogens with zero attached hydrogens (tertiary/aromatic N) is 3. The molecule has 0 bridgehead atoms. The van der Waals surface area contributed by atoms with E-state index in [0.29, 0.717) is 23.8 Å². The molecule has 1 aromatic carbocycles. The molecular weight excluding hydrogens is 258 g/mol. The summed E-state index contributed by atoms with van der Waals surface area (Å²) >= 11 is 0. The third-order valence-electron chi connectivity index (χ3n) is 3.61. The van der Waals surface area contributed by atoms with E-state index in [1.165, 1.54) is 0 Å². The second kappa shape index (κ2) is 4.96. The van der Waals surface area contributed by atoms with E-state index < -0.39 is 11.9 Å². The van der Waals surface area contributed by atoms with Crippen LogP contribution in [0.1, 0.15) is 24.6 Å². The minimum absolute atomic E-state index is 0.532. The molecule has 1 aromatic heterocycles. The van der Waals surface area contributed by atoms with Gasteiger partial charge in [-0.1, -0.05) is 12.1 Å². The first-order valence-electron chi connectivity index (χ1n) is 6.51. The van der Waals surface area contributed by atoms with Gasteiger partial charge in [0.05, 0.1) is 12.7 Å². The zero-order chi connectivity index (χ0) is 14.1. The lowest BCUT2D eigenvalue weighted by atomic mass is 9.99. The number of carboxylic acid groups (broad SMARTS) is 1. The standard InChI is InChI=1S/C14H15N3O3/c1-20-11-7-3-2-5-9(11)12-15-16-13-10(14(18)19)6-4-8-17(12)13/h2-3,5,7,10H,4,6,8H2,1H3,(H,18,19). The van der Waals surface area contributed by atoms with Gasteiger partial charge in [-0.25, -0.2) is 0 Å². The summed E-state index contributed by atoms with van der Waals surface area (Å²) in [4.78, 5) is 11.3. The lowest BCUT2D eigenvalue weighted by Crippen LogP contribution is -2.22. The summed E-state index contributed by atoms with van der Waals surface area (Å²) in [6, 6.07) is 7.54. The summed E-state index contributed by atoms with van der Waals surface area (Å²) in [6.07, 6.45) is 1.42. The summed E-state index contributed by atoms with van der Waals surface area (Å²) in [7, 11) is 1.60. The quantitative estimate of drug-likeness (QED) is 0.924. The van der Waals surface area contributed by atoms with Crippen LogP contribution in [0, 0.1) is 0 Å². The van der Waals surface area contributed by atoms with Crippen molar-refractivity contribution >= 4 is 5.97 Å². The van der Waals surface area contributed by atoms with Gasteiger partial charge in [0, 0.05) is 6.54 Å². The Morgan fingerprint density at radius 1 is 1.40 bits per heavy atom. The molecule has 1 atom stereocenters. The number of aromatic nitrogens is 3. The Morgan fingerprint density at radius 3 is 2.95 bits per heavy atom. The second-order valence-electron chi connectivity index (χ2n) is 4.77. The third-order valence-corrected chi connectivity index (χ3v) is 3.61. The average Bonchev–Trinajstić information content (AvgIpc) is 2.90. The Kier molecular flexibility index (Phi) is 3.14. The molecule has 1 N–H and O–H groups in total. The highest BCUT2D eigenvalue weighted by Crippen LogP contribution is 2.33. The van der Waals surface area contributed by atoms with Crippen LogP contribution >= 0.6 is 0 Å². The van der Waals surface area contributed by atoms with Gasteiger partial charge in [-0.15, -0.1) is 10.2 Å². The number of hydrogen-bond donors (Lipinski definition) is 1. The maximum absolute atomic E-state index is 11.3. The van der Waals surface area contributed by atoms with Crippen molar-refractivity contribution in [3.8, 4) is 17.1 Å². The van der Waals surface area contributed by atoms with Gasteiger partial charge in [-0.3, -0.25) is 4.79 Å². The molecule has 104 valence electrons. The molecule has 6 heteroatoms. The molecule has 2 aromatic rings. The number of rotatable bonds is 3. The Hall–Kier alpha value is -2.37. The van der Waals surface area contributed by atoms with Crippen LogP contribution in [0.2, 0.25) is 0 Å². The van der Waals surface area contributed by atoms with E-state index in [4.69, 9.17) is 4.74 Å². The SMILES string of the molecule is COc1ccccc1-c1nnc2n1CCCC2C(=O)O. The van der Waals surface area contributed by atoms with Crippen molar-refractivity contribution in [1.82, 2.24) is 14.8 Å². The normalized spacial score (nSPS) is 17.6. The number of fused-ring (bicyclic) bond motifs is 1. The Balaban J connectivity index is 2.11. The van der Waals surface area contributed by atoms with E-state index in [2.05, 4.69) is 10.2 Å². The molecule has 1 aliphatic heterocycles. The van der Waals surface area contributed by atoms with E-state index in [9.17, 15) is 9.90 Å². The molecule has 0 spiro atoms. The topological polar surface area (TPSA) is 77.2 Å². The van der Waals surface area contributed by atoms with Crippen molar-refractivity contribution in [1.29, 1.82) is 0 Å². The Bertz CT molecular complexity index is 651. The Labute approximate surface area is 116 Å². The summed E-state index contributed by atoms with van der Waals surface area (Å²) in [5.41, 5.74) is 0.833. The molecule has 0 saturated carbocycles. The number of carboxylic acids is 1. The van der Waals surface area contributed by atoms with Crippen LogP contribution in [0.4, 0.5) is 0 Å². The molecule has 0 radical (unpaired) electrons. The fourth-order valence-electron chi connectivity index (χ4n) is 2.64. The molecule has 20 heavy (non-hydrogen) atoms. The van der Waals surface area contributed by atoms with Crippen molar-refractivity contribution < 1.29 is 14.6 Å². The highest BCUT2D eigenvalue weighted by molar-refractivity contribution is 5.75. The van der Waals surface area contributed by atoms with E-state index >= 15 is 0 Å². The average molecular weight is 273 g/mol. The van der Waals surface area contributed by atoms with Gasteiger partial charge < -0.3 is 14.4 Å². The maximum Gasteiger partial charge on any atom is 0.314 e. The lowest BCUT2D eigenvalue weighted by Gasteiger charge is -2.20. The Morgan fingerprint density at radius 2 is 2.20 bits per heavy atom. The molecule has 0 fully saturated rings. The van der Waals surface area contributed by atoms with Crippen LogP contribution < -0.4 is 4.74 Å². The minimum Gasteiger partial charge on any atom is -0.496 e. The van der Waals surface area contributed by atoms with Crippen molar-refractivity contribution in [2.24, 2.45) is 0 Å². The summed E-state index contributed by atoms with van der Waals surface area (Å²) in [6.45, 7) is 0.736. The number of para-hydroxylation sites is 1. The van der Waals surface area contributed by atoms with Crippen molar-refractivity contribution in [3.63, 3.8) is 0 Å². The van der Waals surface area contributed by atoms with Crippen LogP contribution in [0.25, 0.3) is 11.4 Å². The number of methoxy groups -OCH3 is 1. The first-order valence-corrected chi connectivity index (χ1v) is 6.51. The van der Waals surface area contributed by atoms with Gasteiger partial charge in [-0.05, 0) is 25.0 Å². The lowest BCUT2D eigenvalue weighted by molar-refractivity contribution is -0.139. The maximum atomic E-state index is 11.3. The summed E-state index contributed by atoms with van der Waals surface area (Å²) in [5, 5.41) is 17.5. The highest BCUT2D eigenvalue weighted by atomic mass is 16.5. The van der Waals surface area contributed by atoms with Crippen LogP contribution in [-0.4, -0.2) is 33.0 Å². The van der Waals surface area contributed by atoms with Crippen molar-refractivity contribution in [2.75, 3.05) is 7.11 Å². The molecule has 0 amide bonds. The fraction of sp³-hybridized carbons (Fsp3) is 0.357. The molecular formula is C14H15N3O3. The van der Waals surface area contributed by atoms with E-state index in [1.807, 2.05) is 28.8 Å². The number of aliphatic carboxylic acids is 1. The van der Waals surface area contributed by atoms with Crippen LogP contribution in [-0.2, 0) is 11.3 Å². The highest BCUT2D eigenvalue weighted by Gasteiger charge is 2.31. The van der Waals surface area contributed by atoms with Gasteiger partial charge in [0.1, 0.15) is 17.5 Å². The van der Waals surface area contributed by atoms with E-state index in [-0.39, 0.29) is 0 Å². The monoisotopic (exact) mass is 273 g/mol. The largest absolute Gasteiger partial charge is 0.496 e. The molecule has 1 aliphatic rings. The molecule has 1 unspecified atom stereocenters. The number of hydrogen-bond acceptors (Lipinski definition) is 4. The predicted octanol–water partition coefficient (Wildman–Crippen LogP) is 1.92. The number of carbonyl (C=O) groups is 1. The van der Waals surface area contributed by atoms with Gasteiger partial charge in [0.2, 0.25) is 0 Å². The first-order chi connectivity index (χ1) is 9.72. The van der Waals surface area contributed by atoms with Gasteiger partial charge in [0.15, 0.2) is 5.82 Å². The van der Waals surface area contributed by atoms with Gasteiger partial charge >= 0.3 is 5.97 Å². The minimum atomic E-state index is -0.843. The number of ether oxygens (including phenoxy) is 1. The number of benzene rings is 1. The summed E-state index contributed by atoms with van der Waals surface area (Å²) in [5.74, 6) is 0.498. The fourth-order valence-corrected chi connectivity index (χ4v) is 2.64. The molecule has 2 heterocycles. The molecule has 3 rings (SSSR count).